The van der Waals surface area contributed by atoms with Gasteiger partial charge in [0.2, 0.25) is 15.9 Å². The first kappa shape index (κ1) is 19.4. The summed E-state index contributed by atoms with van der Waals surface area (Å²) in [5.41, 5.74) is 5.02. The van der Waals surface area contributed by atoms with E-state index in [9.17, 15) is 13.2 Å². The summed E-state index contributed by atoms with van der Waals surface area (Å²) in [6.07, 6.45) is 0.0414. The fourth-order valence-corrected chi connectivity index (χ4v) is 2.79. The molecule has 0 saturated carbocycles. The van der Waals surface area contributed by atoms with Crippen molar-refractivity contribution in [1.29, 1.82) is 0 Å². The fraction of sp³-hybridized carbons (Fsp3) is 0.533. The molecule has 4 N–H and O–H groups in total. The summed E-state index contributed by atoms with van der Waals surface area (Å²) in [5, 5.41) is 2.74. The summed E-state index contributed by atoms with van der Waals surface area (Å²) >= 11 is 0. The van der Waals surface area contributed by atoms with Crippen LogP contribution in [0.1, 0.15) is 27.2 Å². The zero-order chi connectivity index (χ0) is 17.5. The van der Waals surface area contributed by atoms with Crippen molar-refractivity contribution in [3.8, 4) is 5.75 Å². The second-order valence-electron chi connectivity index (χ2n) is 5.69. The number of hydrogen-bond donors (Lipinski definition) is 3. The molecule has 1 aromatic rings. The Labute approximate surface area is 137 Å². The molecule has 0 atom stereocenters. The highest BCUT2D eigenvalue weighted by molar-refractivity contribution is 7.89. The average Bonchev–Trinajstić information content (AvgIpc) is 2.47. The minimum absolute atomic E-state index is 0.0159. The smallest absolute Gasteiger partial charge is 0.240 e. The van der Waals surface area contributed by atoms with Gasteiger partial charge in [-0.25, -0.2) is 13.1 Å². The van der Waals surface area contributed by atoms with Gasteiger partial charge >= 0.3 is 0 Å². The van der Waals surface area contributed by atoms with Crippen LogP contribution in [0.3, 0.4) is 0 Å². The lowest BCUT2D eigenvalue weighted by Crippen LogP contribution is -2.49. The van der Waals surface area contributed by atoms with Crippen LogP contribution in [-0.2, 0) is 14.8 Å². The molecule has 0 radical (unpaired) electrons. The maximum absolute atomic E-state index is 12.1. The van der Waals surface area contributed by atoms with Gasteiger partial charge in [-0.05, 0) is 45.0 Å². The molecule has 23 heavy (non-hydrogen) atoms. The molecule has 0 bridgehead atoms. The molecule has 1 rings (SSSR count). The predicted octanol–water partition coefficient (Wildman–Crippen LogP) is 0.607. The summed E-state index contributed by atoms with van der Waals surface area (Å²) < 4.78 is 31.9. The number of nitrogens with two attached hydrogens (primary N) is 1. The highest BCUT2D eigenvalue weighted by atomic mass is 32.2. The summed E-state index contributed by atoms with van der Waals surface area (Å²) in [6.45, 7) is 6.28. The van der Waals surface area contributed by atoms with Crippen molar-refractivity contribution in [2.75, 3.05) is 19.7 Å². The third kappa shape index (κ3) is 6.55. The zero-order valence-corrected chi connectivity index (χ0v) is 14.6. The standard InChI is InChI=1S/C15H25N3O4S/c1-4-22-12-5-7-13(8-6-12)23(20,21)17-10-9-14(19)18-15(2,3)11-16/h5-8,17H,4,9-11,16H2,1-3H3,(H,18,19). The van der Waals surface area contributed by atoms with Gasteiger partial charge in [-0.1, -0.05) is 0 Å². The van der Waals surface area contributed by atoms with Crippen molar-refractivity contribution in [2.45, 2.75) is 37.6 Å². The van der Waals surface area contributed by atoms with Gasteiger partial charge < -0.3 is 15.8 Å². The number of ether oxygens (including phenoxy) is 1. The van der Waals surface area contributed by atoms with E-state index in [2.05, 4.69) is 10.0 Å². The van der Waals surface area contributed by atoms with E-state index < -0.39 is 15.6 Å². The first-order chi connectivity index (χ1) is 10.7. The molecule has 0 aliphatic heterocycles. The van der Waals surface area contributed by atoms with Gasteiger partial charge in [-0.2, -0.15) is 0 Å². The van der Waals surface area contributed by atoms with Crippen molar-refractivity contribution in [3.63, 3.8) is 0 Å². The lowest BCUT2D eigenvalue weighted by molar-refractivity contribution is -0.122. The molecule has 0 heterocycles. The van der Waals surface area contributed by atoms with E-state index >= 15 is 0 Å². The largest absolute Gasteiger partial charge is 0.494 e. The van der Waals surface area contributed by atoms with Gasteiger partial charge in [0.25, 0.3) is 0 Å². The van der Waals surface area contributed by atoms with E-state index in [1.54, 1.807) is 26.0 Å². The molecule has 0 fully saturated rings. The molecule has 0 saturated heterocycles. The lowest BCUT2D eigenvalue weighted by Gasteiger charge is -2.24. The maximum atomic E-state index is 12.1. The van der Waals surface area contributed by atoms with E-state index in [1.165, 1.54) is 12.1 Å². The number of nitrogens with one attached hydrogen (secondary N) is 2. The number of sulfonamides is 1. The van der Waals surface area contributed by atoms with Gasteiger partial charge in [0, 0.05) is 25.0 Å². The number of hydrogen-bond acceptors (Lipinski definition) is 5. The molecule has 1 amide bonds. The number of amides is 1. The van der Waals surface area contributed by atoms with Crippen molar-refractivity contribution in [2.24, 2.45) is 5.73 Å². The highest BCUT2D eigenvalue weighted by Gasteiger charge is 2.19. The van der Waals surface area contributed by atoms with Crippen molar-refractivity contribution in [1.82, 2.24) is 10.0 Å². The summed E-state index contributed by atoms with van der Waals surface area (Å²) in [7, 11) is -3.65. The van der Waals surface area contributed by atoms with E-state index in [-0.39, 0.29) is 23.8 Å². The van der Waals surface area contributed by atoms with Gasteiger partial charge in [-0.3, -0.25) is 4.79 Å². The Bertz CT molecular complexity index is 612. The first-order valence-electron chi connectivity index (χ1n) is 7.44. The SMILES string of the molecule is CCOc1ccc(S(=O)(=O)NCCC(=O)NC(C)(C)CN)cc1. The van der Waals surface area contributed by atoms with Crippen LogP contribution in [-0.4, -0.2) is 39.6 Å². The molecule has 7 nitrogen and oxygen atoms in total. The number of rotatable bonds is 9. The molecule has 8 heteroatoms. The molecule has 0 spiro atoms. The predicted molar refractivity (Wildman–Crippen MR) is 88.7 cm³/mol. The molecule has 0 aliphatic rings. The van der Waals surface area contributed by atoms with Gasteiger partial charge in [-0.15, -0.1) is 0 Å². The Kier molecular flexibility index (Phi) is 6.99. The van der Waals surface area contributed by atoms with Gasteiger partial charge in [0.05, 0.1) is 11.5 Å². The van der Waals surface area contributed by atoms with Crippen LogP contribution < -0.4 is 20.5 Å². The summed E-state index contributed by atoms with van der Waals surface area (Å²) in [6, 6.07) is 6.11. The van der Waals surface area contributed by atoms with Gasteiger partial charge in [0.1, 0.15) is 5.75 Å². The molecular weight excluding hydrogens is 318 g/mol. The van der Waals surface area contributed by atoms with E-state index in [0.717, 1.165) is 0 Å². The highest BCUT2D eigenvalue weighted by Crippen LogP contribution is 2.15. The zero-order valence-electron chi connectivity index (χ0n) is 13.8. The Morgan fingerprint density at radius 2 is 1.87 bits per heavy atom. The number of carbonyl (C=O) groups is 1. The van der Waals surface area contributed by atoms with Crippen molar-refractivity contribution >= 4 is 15.9 Å². The van der Waals surface area contributed by atoms with Gasteiger partial charge in [0.15, 0.2) is 0 Å². The monoisotopic (exact) mass is 343 g/mol. The summed E-state index contributed by atoms with van der Waals surface area (Å²) in [4.78, 5) is 11.9. The van der Waals surface area contributed by atoms with Crippen LogP contribution in [0.5, 0.6) is 5.75 Å². The second-order valence-corrected chi connectivity index (χ2v) is 7.46. The maximum Gasteiger partial charge on any atom is 0.240 e. The van der Waals surface area contributed by atoms with E-state index in [0.29, 0.717) is 18.9 Å². The average molecular weight is 343 g/mol. The molecular formula is C15H25N3O4S. The number of benzene rings is 1. The Hall–Kier alpha value is -1.64. The molecule has 130 valence electrons. The third-order valence-corrected chi connectivity index (χ3v) is 4.55. The van der Waals surface area contributed by atoms with E-state index in [4.69, 9.17) is 10.5 Å². The van der Waals surface area contributed by atoms with Crippen LogP contribution >= 0.6 is 0 Å². The summed E-state index contributed by atoms with van der Waals surface area (Å²) in [5.74, 6) is 0.352. The second kappa shape index (κ2) is 8.28. The Morgan fingerprint density at radius 3 is 2.39 bits per heavy atom. The fourth-order valence-electron chi connectivity index (χ4n) is 1.75. The molecule has 0 aliphatic carbocycles. The topological polar surface area (TPSA) is 111 Å². The first-order valence-corrected chi connectivity index (χ1v) is 8.92. The van der Waals surface area contributed by atoms with Crippen LogP contribution in [0.2, 0.25) is 0 Å². The molecule has 1 aromatic carbocycles. The van der Waals surface area contributed by atoms with Crippen molar-refractivity contribution in [3.05, 3.63) is 24.3 Å². The van der Waals surface area contributed by atoms with Crippen LogP contribution in [0.25, 0.3) is 0 Å². The van der Waals surface area contributed by atoms with Crippen LogP contribution in [0, 0.1) is 0 Å². The van der Waals surface area contributed by atoms with Crippen LogP contribution in [0.4, 0.5) is 0 Å². The molecule has 0 unspecified atom stereocenters. The quantitative estimate of drug-likeness (QED) is 0.608. The normalized spacial score (nSPS) is 12.0. The minimum atomic E-state index is -3.65. The third-order valence-electron chi connectivity index (χ3n) is 3.08. The minimum Gasteiger partial charge on any atom is -0.494 e. The van der Waals surface area contributed by atoms with Crippen LogP contribution in [0.15, 0.2) is 29.2 Å². The Morgan fingerprint density at radius 1 is 1.26 bits per heavy atom. The number of carbonyl (C=O) groups excluding carboxylic acids is 1. The molecule has 0 aromatic heterocycles. The van der Waals surface area contributed by atoms with Crippen molar-refractivity contribution < 1.29 is 17.9 Å². The Balaban J connectivity index is 2.54. The lowest BCUT2D eigenvalue weighted by atomic mass is 10.1. The van der Waals surface area contributed by atoms with E-state index in [1.807, 2.05) is 6.92 Å².